The van der Waals surface area contributed by atoms with Crippen LogP contribution in [-0.4, -0.2) is 97.4 Å². The molecule has 0 saturated carbocycles. The molecule has 0 bridgehead atoms. The fourth-order valence-electron chi connectivity index (χ4n) is 4.64. The molecular formula is C26H33N3O7. The molecule has 2 heterocycles. The lowest BCUT2D eigenvalue weighted by Gasteiger charge is -2.43. The van der Waals surface area contributed by atoms with Crippen molar-refractivity contribution in [1.29, 1.82) is 0 Å². The molecule has 0 atom stereocenters. The van der Waals surface area contributed by atoms with Crippen molar-refractivity contribution in [3.8, 4) is 11.5 Å². The Kier molecular flexibility index (Phi) is 9.52. The molecule has 2 fully saturated rings. The highest BCUT2D eigenvalue weighted by molar-refractivity contribution is 6.27. The minimum atomic E-state index is -1.82. The van der Waals surface area contributed by atoms with E-state index >= 15 is 0 Å². The molecule has 0 unspecified atom stereocenters. The zero-order valence-corrected chi connectivity index (χ0v) is 20.6. The maximum absolute atomic E-state index is 12.9. The lowest BCUT2D eigenvalue weighted by molar-refractivity contribution is -0.159. The molecule has 2 N–H and O–H groups in total. The molecule has 4 rings (SSSR count). The number of ether oxygens (including phenoxy) is 2. The number of carboxylic acid groups (broad SMARTS) is 2. The number of carboxylic acids is 2. The van der Waals surface area contributed by atoms with Gasteiger partial charge in [0.25, 0.3) is 5.91 Å². The van der Waals surface area contributed by atoms with Gasteiger partial charge in [-0.15, -0.1) is 0 Å². The minimum absolute atomic E-state index is 0.0758. The van der Waals surface area contributed by atoms with Crippen molar-refractivity contribution < 1.29 is 34.1 Å². The number of anilines is 1. The molecule has 36 heavy (non-hydrogen) atoms. The van der Waals surface area contributed by atoms with Crippen molar-refractivity contribution in [3.05, 3.63) is 54.1 Å². The van der Waals surface area contributed by atoms with Gasteiger partial charge in [0.2, 0.25) is 0 Å². The van der Waals surface area contributed by atoms with Crippen LogP contribution >= 0.6 is 0 Å². The number of aliphatic carboxylic acids is 2. The highest BCUT2D eigenvalue weighted by Crippen LogP contribution is 2.29. The number of hydrogen-bond donors (Lipinski definition) is 2. The van der Waals surface area contributed by atoms with Crippen LogP contribution in [0.4, 0.5) is 5.69 Å². The van der Waals surface area contributed by atoms with Crippen molar-refractivity contribution in [2.24, 2.45) is 0 Å². The molecule has 10 nitrogen and oxygen atoms in total. The summed E-state index contributed by atoms with van der Waals surface area (Å²) in [6.45, 7) is 5.69. The monoisotopic (exact) mass is 499 g/mol. The summed E-state index contributed by atoms with van der Waals surface area (Å²) in [7, 11) is 3.35. The van der Waals surface area contributed by atoms with Crippen molar-refractivity contribution in [3.63, 3.8) is 0 Å². The van der Waals surface area contributed by atoms with Gasteiger partial charge in [-0.1, -0.05) is 24.3 Å². The number of likely N-dealkylation sites (tertiary alicyclic amines) is 1. The van der Waals surface area contributed by atoms with E-state index in [1.54, 1.807) is 14.2 Å². The van der Waals surface area contributed by atoms with Gasteiger partial charge in [-0.05, 0) is 37.1 Å². The van der Waals surface area contributed by atoms with E-state index in [0.717, 1.165) is 57.9 Å². The number of piperidine rings is 1. The Labute approximate surface area is 210 Å². The fraction of sp³-hybridized carbons (Fsp3) is 0.423. The smallest absolute Gasteiger partial charge is 0.414 e. The van der Waals surface area contributed by atoms with E-state index in [1.165, 1.54) is 5.69 Å². The van der Waals surface area contributed by atoms with Gasteiger partial charge in [0.1, 0.15) is 11.5 Å². The van der Waals surface area contributed by atoms with E-state index < -0.39 is 11.9 Å². The molecular weight excluding hydrogens is 466 g/mol. The van der Waals surface area contributed by atoms with E-state index in [2.05, 4.69) is 21.9 Å². The molecule has 0 radical (unpaired) electrons. The molecule has 2 aromatic rings. The predicted molar refractivity (Wildman–Crippen MR) is 134 cm³/mol. The zero-order chi connectivity index (χ0) is 26.1. The lowest BCUT2D eigenvalue weighted by Crippen LogP contribution is -2.53. The van der Waals surface area contributed by atoms with Crippen molar-refractivity contribution in [1.82, 2.24) is 9.80 Å². The first-order valence-electron chi connectivity index (χ1n) is 11.9. The summed E-state index contributed by atoms with van der Waals surface area (Å²) >= 11 is 0. The van der Waals surface area contributed by atoms with Crippen LogP contribution in [0.1, 0.15) is 23.2 Å². The number of hydrogen-bond acceptors (Lipinski definition) is 7. The van der Waals surface area contributed by atoms with E-state index in [4.69, 9.17) is 29.3 Å². The van der Waals surface area contributed by atoms with Crippen molar-refractivity contribution >= 4 is 23.5 Å². The standard InChI is InChI=1S/C24H31N3O3.C2H2O4/c1-29-22-9-5-3-7-20(22)24(28)27-13-11-19(12-14-27)25-15-17-26(18-16-25)21-8-4-6-10-23(21)30-2;3-1(4)2(5)6/h3-10,19H,11-18H2,1-2H3;(H,3,4)(H,5,6). The Morgan fingerprint density at radius 3 is 1.83 bits per heavy atom. The Morgan fingerprint density at radius 2 is 1.28 bits per heavy atom. The van der Waals surface area contributed by atoms with Crippen molar-refractivity contribution in [2.75, 3.05) is 58.4 Å². The summed E-state index contributed by atoms with van der Waals surface area (Å²) in [6, 6.07) is 16.3. The van der Waals surface area contributed by atoms with Crippen LogP contribution < -0.4 is 14.4 Å². The average Bonchev–Trinajstić information content (AvgIpc) is 2.93. The molecule has 1 amide bonds. The number of amides is 1. The van der Waals surface area contributed by atoms with Crippen LogP contribution in [0.3, 0.4) is 0 Å². The topological polar surface area (TPSA) is 120 Å². The van der Waals surface area contributed by atoms with Crippen LogP contribution in [-0.2, 0) is 9.59 Å². The molecule has 2 aliphatic heterocycles. The summed E-state index contributed by atoms with van der Waals surface area (Å²) in [6.07, 6.45) is 2.05. The maximum Gasteiger partial charge on any atom is 0.414 e. The normalized spacial score (nSPS) is 16.5. The van der Waals surface area contributed by atoms with E-state index in [9.17, 15) is 4.79 Å². The third-order valence-corrected chi connectivity index (χ3v) is 6.53. The van der Waals surface area contributed by atoms with Crippen molar-refractivity contribution in [2.45, 2.75) is 18.9 Å². The van der Waals surface area contributed by atoms with Gasteiger partial charge in [0, 0.05) is 45.3 Å². The van der Waals surface area contributed by atoms with Crippen LogP contribution in [0.15, 0.2) is 48.5 Å². The molecule has 2 aromatic carbocycles. The third-order valence-electron chi connectivity index (χ3n) is 6.53. The summed E-state index contributed by atoms with van der Waals surface area (Å²) in [5, 5.41) is 14.8. The number of piperazine rings is 1. The number of rotatable bonds is 5. The quantitative estimate of drug-likeness (QED) is 0.597. The molecule has 2 saturated heterocycles. The fourth-order valence-corrected chi connectivity index (χ4v) is 4.64. The van der Waals surface area contributed by atoms with Gasteiger partial charge in [-0.25, -0.2) is 9.59 Å². The lowest BCUT2D eigenvalue weighted by atomic mass is 10.0. The summed E-state index contributed by atoms with van der Waals surface area (Å²) < 4.78 is 10.9. The van der Waals surface area contributed by atoms with Gasteiger partial charge < -0.3 is 29.5 Å². The molecule has 0 aliphatic carbocycles. The van der Waals surface area contributed by atoms with Crippen LogP contribution in [0.2, 0.25) is 0 Å². The minimum Gasteiger partial charge on any atom is -0.496 e. The number of carbonyl (C=O) groups excluding carboxylic acids is 1. The SMILES string of the molecule is COc1ccccc1C(=O)N1CCC(N2CCN(c3ccccc3OC)CC2)CC1.O=C(O)C(=O)O. The number of methoxy groups -OCH3 is 2. The van der Waals surface area contributed by atoms with E-state index in [1.807, 2.05) is 41.3 Å². The predicted octanol–water partition coefficient (Wildman–Crippen LogP) is 2.29. The highest BCUT2D eigenvalue weighted by atomic mass is 16.5. The van der Waals surface area contributed by atoms with Gasteiger partial charge >= 0.3 is 11.9 Å². The van der Waals surface area contributed by atoms with Gasteiger partial charge in [-0.3, -0.25) is 9.69 Å². The Hall–Kier alpha value is -3.79. The van der Waals surface area contributed by atoms with E-state index in [0.29, 0.717) is 17.4 Å². The molecule has 0 aromatic heterocycles. The highest BCUT2D eigenvalue weighted by Gasteiger charge is 2.30. The Morgan fingerprint density at radius 1 is 0.750 bits per heavy atom. The molecule has 194 valence electrons. The first kappa shape index (κ1) is 26.8. The number of nitrogens with zero attached hydrogens (tertiary/aromatic N) is 3. The summed E-state index contributed by atoms with van der Waals surface area (Å²) in [5.74, 6) is -1.98. The second-order valence-electron chi connectivity index (χ2n) is 8.53. The van der Waals surface area contributed by atoms with Gasteiger partial charge in [-0.2, -0.15) is 0 Å². The summed E-state index contributed by atoms with van der Waals surface area (Å²) in [5.41, 5.74) is 1.83. The van der Waals surface area contributed by atoms with Crippen LogP contribution in [0.25, 0.3) is 0 Å². The second kappa shape index (κ2) is 12.8. The second-order valence-corrected chi connectivity index (χ2v) is 8.53. The first-order valence-corrected chi connectivity index (χ1v) is 11.9. The first-order chi connectivity index (χ1) is 17.3. The maximum atomic E-state index is 12.9. The Balaban J connectivity index is 0.000000538. The Bertz CT molecular complexity index is 1030. The number of benzene rings is 2. The molecule has 2 aliphatic rings. The van der Waals surface area contributed by atoms with Crippen LogP contribution in [0.5, 0.6) is 11.5 Å². The number of carbonyl (C=O) groups is 3. The molecule has 10 heteroatoms. The largest absolute Gasteiger partial charge is 0.496 e. The zero-order valence-electron chi connectivity index (χ0n) is 20.6. The summed E-state index contributed by atoms with van der Waals surface area (Å²) in [4.78, 5) is 38.1. The van der Waals surface area contributed by atoms with Gasteiger partial charge in [0.05, 0.1) is 25.5 Å². The van der Waals surface area contributed by atoms with Crippen LogP contribution in [0, 0.1) is 0 Å². The molecule has 0 spiro atoms. The van der Waals surface area contributed by atoms with E-state index in [-0.39, 0.29) is 5.91 Å². The third kappa shape index (κ3) is 6.66. The number of para-hydroxylation sites is 3. The average molecular weight is 500 g/mol. The van der Waals surface area contributed by atoms with Gasteiger partial charge in [0.15, 0.2) is 0 Å².